The maximum absolute atomic E-state index is 12.7. The van der Waals surface area contributed by atoms with Crippen molar-refractivity contribution in [1.29, 1.82) is 0 Å². The molecule has 0 aliphatic carbocycles. The molecule has 238 valence electrons. The molecule has 4 rings (SSSR count). The smallest absolute Gasteiger partial charge is 0.407 e. The zero-order valence-electron chi connectivity index (χ0n) is 27.2. The summed E-state index contributed by atoms with van der Waals surface area (Å²) in [5.74, 6) is -0.184. The van der Waals surface area contributed by atoms with Crippen molar-refractivity contribution in [1.82, 2.24) is 4.90 Å². The van der Waals surface area contributed by atoms with Crippen LogP contribution in [-0.2, 0) is 28.1 Å². The highest BCUT2D eigenvalue weighted by atomic mass is 16.5. The molecule has 0 aromatic heterocycles. The van der Waals surface area contributed by atoms with Crippen LogP contribution in [0.5, 0.6) is 0 Å². The standard InChI is InChI=1S/C37H50N2O5/c1-25(22-43-6)23-44-24-27-11-14-30(15-12-27)37(42)18-20-39(35(40)41)34(36(3,4)5)33(37)31-16-13-29(21-26(31)2)32-10-8-7-9-28(32)17-19-38/h7-16,21,25,33-34,42H,17-20,22-24,38H2,1-6H3,(H,40,41)/t25-,33-,34?,37-/m0/s1. The molecule has 1 unspecified atom stereocenters. The van der Waals surface area contributed by atoms with Gasteiger partial charge in [-0.1, -0.05) is 94.4 Å². The molecule has 44 heavy (non-hydrogen) atoms. The van der Waals surface area contributed by atoms with Crippen LogP contribution >= 0.6 is 0 Å². The topological polar surface area (TPSA) is 105 Å². The number of likely N-dealkylation sites (tertiary alicyclic amines) is 1. The lowest BCUT2D eigenvalue weighted by molar-refractivity contribution is -0.0909. The van der Waals surface area contributed by atoms with E-state index in [2.05, 4.69) is 65.0 Å². The van der Waals surface area contributed by atoms with Crippen molar-refractivity contribution in [2.75, 3.05) is 33.4 Å². The summed E-state index contributed by atoms with van der Waals surface area (Å²) in [7, 11) is 1.69. The molecule has 1 aliphatic rings. The van der Waals surface area contributed by atoms with E-state index >= 15 is 0 Å². The summed E-state index contributed by atoms with van der Waals surface area (Å²) >= 11 is 0. The summed E-state index contributed by atoms with van der Waals surface area (Å²) in [5.41, 5.74) is 11.4. The van der Waals surface area contributed by atoms with E-state index < -0.39 is 29.1 Å². The third-order valence-electron chi connectivity index (χ3n) is 8.96. The SMILES string of the molecule is COC[C@H](C)COCc1ccc([C@@]2(O)CCN(C(=O)O)C(C(C)(C)C)[C@@H]2c2ccc(-c3ccccc3CCN)cc2C)cc1. The van der Waals surface area contributed by atoms with Gasteiger partial charge in [0.15, 0.2) is 0 Å². The average molecular weight is 603 g/mol. The van der Waals surface area contributed by atoms with Gasteiger partial charge in [-0.2, -0.15) is 0 Å². The summed E-state index contributed by atoms with van der Waals surface area (Å²) < 4.78 is 11.1. The van der Waals surface area contributed by atoms with Crippen LogP contribution in [0.4, 0.5) is 4.79 Å². The number of benzene rings is 3. The molecule has 1 fully saturated rings. The fraction of sp³-hybridized carbons (Fsp3) is 0.486. The third kappa shape index (κ3) is 7.35. The number of hydrogen-bond acceptors (Lipinski definition) is 5. The van der Waals surface area contributed by atoms with E-state index in [1.807, 2.05) is 36.4 Å². The van der Waals surface area contributed by atoms with Gasteiger partial charge in [-0.3, -0.25) is 0 Å². The van der Waals surface area contributed by atoms with E-state index in [0.29, 0.717) is 38.7 Å². The van der Waals surface area contributed by atoms with Crippen LogP contribution in [0.15, 0.2) is 66.7 Å². The Morgan fingerprint density at radius 2 is 1.80 bits per heavy atom. The fourth-order valence-corrected chi connectivity index (χ4v) is 6.93. The van der Waals surface area contributed by atoms with Gasteiger partial charge in [0.05, 0.1) is 19.8 Å². The fourth-order valence-electron chi connectivity index (χ4n) is 6.93. The molecule has 3 aromatic carbocycles. The second-order valence-electron chi connectivity index (χ2n) is 13.5. The van der Waals surface area contributed by atoms with E-state index in [4.69, 9.17) is 15.2 Å². The van der Waals surface area contributed by atoms with Gasteiger partial charge < -0.3 is 30.3 Å². The largest absolute Gasteiger partial charge is 0.465 e. The number of nitrogens with two attached hydrogens (primary N) is 1. The summed E-state index contributed by atoms with van der Waals surface area (Å²) in [4.78, 5) is 14.1. The maximum Gasteiger partial charge on any atom is 0.407 e. The van der Waals surface area contributed by atoms with Crippen LogP contribution in [-0.4, -0.2) is 60.7 Å². The molecule has 1 amide bonds. The van der Waals surface area contributed by atoms with Crippen molar-refractivity contribution in [2.45, 2.75) is 71.6 Å². The number of methoxy groups -OCH3 is 1. The van der Waals surface area contributed by atoms with Gasteiger partial charge in [0.1, 0.15) is 5.60 Å². The van der Waals surface area contributed by atoms with Gasteiger partial charge in [-0.15, -0.1) is 0 Å². The second kappa shape index (κ2) is 14.2. The molecule has 0 bridgehead atoms. The van der Waals surface area contributed by atoms with Crippen molar-refractivity contribution in [3.05, 3.63) is 94.5 Å². The van der Waals surface area contributed by atoms with Crippen LogP contribution in [0.2, 0.25) is 0 Å². The second-order valence-corrected chi connectivity index (χ2v) is 13.5. The molecule has 0 spiro atoms. The van der Waals surface area contributed by atoms with Crippen LogP contribution in [0.25, 0.3) is 11.1 Å². The molecule has 7 heteroatoms. The predicted molar refractivity (Wildman–Crippen MR) is 176 cm³/mol. The number of aryl methyl sites for hydroxylation is 1. The summed E-state index contributed by atoms with van der Waals surface area (Å²) in [6.07, 6.45) is 0.116. The van der Waals surface area contributed by atoms with Crippen molar-refractivity contribution in [3.63, 3.8) is 0 Å². The molecule has 0 saturated carbocycles. The number of amides is 1. The Hall–Kier alpha value is -3.23. The Balaban J connectivity index is 1.76. The average Bonchev–Trinajstić information content (AvgIpc) is 2.97. The number of carboxylic acid groups (broad SMARTS) is 1. The van der Waals surface area contributed by atoms with E-state index in [-0.39, 0.29) is 6.54 Å². The number of nitrogens with zero attached hydrogens (tertiary/aromatic N) is 1. The van der Waals surface area contributed by atoms with E-state index in [1.54, 1.807) is 7.11 Å². The highest BCUT2D eigenvalue weighted by Gasteiger charge is 2.54. The number of ether oxygens (including phenoxy) is 2. The van der Waals surface area contributed by atoms with E-state index in [1.165, 1.54) is 10.5 Å². The highest BCUT2D eigenvalue weighted by Crippen LogP contribution is 2.52. The van der Waals surface area contributed by atoms with Gasteiger partial charge in [0.25, 0.3) is 0 Å². The Morgan fingerprint density at radius 3 is 2.41 bits per heavy atom. The number of aliphatic hydroxyl groups is 1. The van der Waals surface area contributed by atoms with Crippen LogP contribution in [0.1, 0.15) is 67.9 Å². The highest BCUT2D eigenvalue weighted by molar-refractivity contribution is 5.70. The van der Waals surface area contributed by atoms with Crippen molar-refractivity contribution in [2.24, 2.45) is 17.1 Å². The van der Waals surface area contributed by atoms with Crippen LogP contribution < -0.4 is 5.73 Å². The molecule has 3 aromatic rings. The van der Waals surface area contributed by atoms with Crippen molar-refractivity contribution in [3.8, 4) is 11.1 Å². The first-order valence-corrected chi connectivity index (χ1v) is 15.7. The molecule has 1 aliphatic heterocycles. The zero-order valence-corrected chi connectivity index (χ0v) is 27.2. The molecular weight excluding hydrogens is 552 g/mol. The Labute approximate surface area is 263 Å². The van der Waals surface area contributed by atoms with Gasteiger partial charge >= 0.3 is 6.09 Å². The number of hydrogen-bond donors (Lipinski definition) is 3. The minimum Gasteiger partial charge on any atom is -0.465 e. The minimum absolute atomic E-state index is 0.246. The molecule has 1 heterocycles. The first kappa shape index (κ1) is 33.7. The molecular formula is C37H50N2O5. The first-order valence-electron chi connectivity index (χ1n) is 15.7. The number of piperidine rings is 1. The normalized spacial score (nSPS) is 21.3. The molecule has 7 nitrogen and oxygen atoms in total. The lowest BCUT2D eigenvalue weighted by atomic mass is 9.62. The number of carbonyl (C=O) groups is 1. The Bertz CT molecular complexity index is 1400. The zero-order chi connectivity index (χ0) is 32.1. The molecule has 1 saturated heterocycles. The van der Waals surface area contributed by atoms with Crippen molar-refractivity contribution < 1.29 is 24.5 Å². The van der Waals surface area contributed by atoms with Crippen LogP contribution in [0.3, 0.4) is 0 Å². The maximum atomic E-state index is 12.7. The van der Waals surface area contributed by atoms with Gasteiger partial charge in [-0.05, 0) is 70.7 Å². The number of rotatable bonds is 11. The van der Waals surface area contributed by atoms with E-state index in [0.717, 1.165) is 39.8 Å². The molecule has 0 radical (unpaired) electrons. The third-order valence-corrected chi connectivity index (χ3v) is 8.96. The first-order chi connectivity index (χ1) is 20.9. The van der Waals surface area contributed by atoms with E-state index in [9.17, 15) is 15.0 Å². The van der Waals surface area contributed by atoms with Crippen molar-refractivity contribution >= 4 is 6.09 Å². The quantitative estimate of drug-likeness (QED) is 0.225. The monoisotopic (exact) mass is 602 g/mol. The van der Waals surface area contributed by atoms with Gasteiger partial charge in [0, 0.05) is 31.5 Å². The predicted octanol–water partition coefficient (Wildman–Crippen LogP) is 6.73. The molecule has 4 atom stereocenters. The molecule has 4 N–H and O–H groups in total. The van der Waals surface area contributed by atoms with Gasteiger partial charge in [-0.25, -0.2) is 4.79 Å². The Morgan fingerprint density at radius 1 is 1.09 bits per heavy atom. The lowest BCUT2D eigenvalue weighted by Gasteiger charge is -2.54. The summed E-state index contributed by atoms with van der Waals surface area (Å²) in [6, 6.07) is 22.2. The minimum atomic E-state index is -1.28. The lowest BCUT2D eigenvalue weighted by Crippen LogP contribution is -2.60. The summed E-state index contributed by atoms with van der Waals surface area (Å²) in [5, 5.41) is 23.1. The Kier molecular flexibility index (Phi) is 10.9. The van der Waals surface area contributed by atoms with Crippen LogP contribution in [0, 0.1) is 18.3 Å². The summed E-state index contributed by atoms with van der Waals surface area (Å²) in [6.45, 7) is 12.9. The van der Waals surface area contributed by atoms with Gasteiger partial charge in [0.2, 0.25) is 0 Å².